The third kappa shape index (κ3) is 4.67. The summed E-state index contributed by atoms with van der Waals surface area (Å²) in [6, 6.07) is 12.7. The number of nitrogens with one attached hydrogen (secondary N) is 2. The van der Waals surface area contributed by atoms with Crippen LogP contribution in [0.5, 0.6) is 0 Å². The SMILES string of the molecule is c1ccc(-c2nc(NCCN3CCOCC3)cc(NC3CC3)n2)cc1. The van der Waals surface area contributed by atoms with Gasteiger partial charge in [-0.25, -0.2) is 9.97 Å². The molecule has 0 amide bonds. The molecule has 2 N–H and O–H groups in total. The van der Waals surface area contributed by atoms with Gasteiger partial charge in [0.15, 0.2) is 5.82 Å². The average molecular weight is 339 g/mol. The van der Waals surface area contributed by atoms with Crippen LogP contribution in [0.15, 0.2) is 36.4 Å². The summed E-state index contributed by atoms with van der Waals surface area (Å²) in [5, 5.41) is 6.95. The summed E-state index contributed by atoms with van der Waals surface area (Å²) >= 11 is 0. The van der Waals surface area contributed by atoms with Gasteiger partial charge < -0.3 is 15.4 Å². The van der Waals surface area contributed by atoms with Crippen molar-refractivity contribution in [1.82, 2.24) is 14.9 Å². The molecule has 4 rings (SSSR count). The maximum Gasteiger partial charge on any atom is 0.163 e. The molecule has 132 valence electrons. The normalized spacial score (nSPS) is 18.1. The highest BCUT2D eigenvalue weighted by atomic mass is 16.5. The molecule has 2 heterocycles. The predicted octanol–water partition coefficient (Wildman–Crippen LogP) is 2.46. The third-order valence-electron chi connectivity index (χ3n) is 4.53. The molecule has 1 saturated carbocycles. The van der Waals surface area contributed by atoms with Gasteiger partial charge in [-0.15, -0.1) is 0 Å². The molecule has 0 unspecified atom stereocenters. The van der Waals surface area contributed by atoms with Gasteiger partial charge in [0.25, 0.3) is 0 Å². The molecule has 1 aliphatic carbocycles. The van der Waals surface area contributed by atoms with E-state index in [-0.39, 0.29) is 0 Å². The van der Waals surface area contributed by atoms with Crippen LogP contribution in [-0.2, 0) is 4.74 Å². The highest BCUT2D eigenvalue weighted by molar-refractivity contribution is 5.61. The van der Waals surface area contributed by atoms with E-state index < -0.39 is 0 Å². The number of hydrogen-bond acceptors (Lipinski definition) is 6. The fraction of sp³-hybridized carbons (Fsp3) is 0.474. The Morgan fingerprint density at radius 2 is 1.80 bits per heavy atom. The minimum absolute atomic E-state index is 0.569. The first-order valence-electron chi connectivity index (χ1n) is 9.12. The van der Waals surface area contributed by atoms with Gasteiger partial charge >= 0.3 is 0 Å². The zero-order valence-corrected chi connectivity index (χ0v) is 14.4. The fourth-order valence-corrected chi connectivity index (χ4v) is 2.93. The number of ether oxygens (including phenoxy) is 1. The van der Waals surface area contributed by atoms with Crippen LogP contribution < -0.4 is 10.6 Å². The van der Waals surface area contributed by atoms with E-state index in [0.29, 0.717) is 6.04 Å². The highest BCUT2D eigenvalue weighted by Crippen LogP contribution is 2.26. The number of nitrogens with zero attached hydrogens (tertiary/aromatic N) is 3. The van der Waals surface area contributed by atoms with Crippen molar-refractivity contribution >= 4 is 11.6 Å². The molecule has 2 aliphatic rings. The Balaban J connectivity index is 1.45. The summed E-state index contributed by atoms with van der Waals surface area (Å²) in [6.45, 7) is 5.56. The molecule has 0 atom stereocenters. The molecule has 1 aliphatic heterocycles. The van der Waals surface area contributed by atoms with E-state index in [1.54, 1.807) is 0 Å². The first-order valence-corrected chi connectivity index (χ1v) is 9.12. The van der Waals surface area contributed by atoms with Gasteiger partial charge in [-0.2, -0.15) is 0 Å². The number of aromatic nitrogens is 2. The van der Waals surface area contributed by atoms with Gasteiger partial charge in [0.2, 0.25) is 0 Å². The Morgan fingerprint density at radius 3 is 2.56 bits per heavy atom. The monoisotopic (exact) mass is 339 g/mol. The van der Waals surface area contributed by atoms with Crippen LogP contribution in [0, 0.1) is 0 Å². The molecule has 0 radical (unpaired) electrons. The lowest BCUT2D eigenvalue weighted by molar-refractivity contribution is 0.0398. The van der Waals surface area contributed by atoms with Gasteiger partial charge in [0.05, 0.1) is 13.2 Å². The van der Waals surface area contributed by atoms with Crippen molar-refractivity contribution in [3.05, 3.63) is 36.4 Å². The molecule has 2 fully saturated rings. The Hall–Kier alpha value is -2.18. The minimum atomic E-state index is 0.569. The molecule has 0 spiro atoms. The van der Waals surface area contributed by atoms with Gasteiger partial charge in [0, 0.05) is 43.9 Å². The van der Waals surface area contributed by atoms with Gasteiger partial charge in [-0.1, -0.05) is 30.3 Å². The third-order valence-corrected chi connectivity index (χ3v) is 4.53. The molecule has 2 aromatic rings. The van der Waals surface area contributed by atoms with Crippen molar-refractivity contribution in [2.75, 3.05) is 50.0 Å². The second-order valence-corrected chi connectivity index (χ2v) is 6.63. The highest BCUT2D eigenvalue weighted by Gasteiger charge is 2.22. The number of hydrogen-bond donors (Lipinski definition) is 2. The smallest absolute Gasteiger partial charge is 0.163 e. The quantitative estimate of drug-likeness (QED) is 0.808. The van der Waals surface area contributed by atoms with Crippen LogP contribution in [0.4, 0.5) is 11.6 Å². The van der Waals surface area contributed by atoms with E-state index in [9.17, 15) is 0 Å². The summed E-state index contributed by atoms with van der Waals surface area (Å²) in [7, 11) is 0. The average Bonchev–Trinajstić information content (AvgIpc) is 3.47. The second-order valence-electron chi connectivity index (χ2n) is 6.63. The molecule has 1 aromatic carbocycles. The number of rotatable bonds is 7. The van der Waals surface area contributed by atoms with Crippen LogP contribution in [0.2, 0.25) is 0 Å². The van der Waals surface area contributed by atoms with E-state index in [2.05, 4.69) is 15.5 Å². The lowest BCUT2D eigenvalue weighted by atomic mass is 10.2. The van der Waals surface area contributed by atoms with Crippen LogP contribution in [0.1, 0.15) is 12.8 Å². The molecular weight excluding hydrogens is 314 g/mol. The van der Waals surface area contributed by atoms with Crippen molar-refractivity contribution in [3.8, 4) is 11.4 Å². The van der Waals surface area contributed by atoms with Crippen molar-refractivity contribution in [1.29, 1.82) is 0 Å². The molecule has 6 nitrogen and oxygen atoms in total. The Bertz CT molecular complexity index is 683. The van der Waals surface area contributed by atoms with Crippen molar-refractivity contribution < 1.29 is 4.74 Å². The Labute approximate surface area is 148 Å². The molecule has 1 aromatic heterocycles. The Morgan fingerprint density at radius 1 is 1.04 bits per heavy atom. The summed E-state index contributed by atoms with van der Waals surface area (Å²) in [5.74, 6) is 2.55. The van der Waals surface area contributed by atoms with E-state index in [4.69, 9.17) is 14.7 Å². The topological polar surface area (TPSA) is 62.3 Å². The number of morpholine rings is 1. The maximum atomic E-state index is 5.40. The van der Waals surface area contributed by atoms with E-state index in [1.807, 2.05) is 36.4 Å². The van der Waals surface area contributed by atoms with Gasteiger partial charge in [-0.05, 0) is 12.8 Å². The summed E-state index contributed by atoms with van der Waals surface area (Å²) in [4.78, 5) is 11.8. The van der Waals surface area contributed by atoms with Gasteiger partial charge in [0.1, 0.15) is 11.6 Å². The minimum Gasteiger partial charge on any atom is -0.379 e. The zero-order valence-electron chi connectivity index (χ0n) is 14.4. The largest absolute Gasteiger partial charge is 0.379 e. The zero-order chi connectivity index (χ0) is 16.9. The fourth-order valence-electron chi connectivity index (χ4n) is 2.93. The van der Waals surface area contributed by atoms with Gasteiger partial charge in [-0.3, -0.25) is 4.90 Å². The second kappa shape index (κ2) is 7.80. The maximum absolute atomic E-state index is 5.40. The molecular formula is C19H25N5O. The molecule has 6 heteroatoms. The van der Waals surface area contributed by atoms with E-state index in [1.165, 1.54) is 12.8 Å². The van der Waals surface area contributed by atoms with Crippen molar-refractivity contribution in [3.63, 3.8) is 0 Å². The van der Waals surface area contributed by atoms with Crippen LogP contribution in [-0.4, -0.2) is 60.3 Å². The lowest BCUT2D eigenvalue weighted by Crippen LogP contribution is -2.39. The van der Waals surface area contributed by atoms with Crippen LogP contribution >= 0.6 is 0 Å². The first kappa shape index (κ1) is 16.3. The van der Waals surface area contributed by atoms with Crippen molar-refractivity contribution in [2.45, 2.75) is 18.9 Å². The molecule has 0 bridgehead atoms. The number of benzene rings is 1. The molecule has 1 saturated heterocycles. The molecule has 25 heavy (non-hydrogen) atoms. The lowest BCUT2D eigenvalue weighted by Gasteiger charge is -2.26. The van der Waals surface area contributed by atoms with E-state index >= 15 is 0 Å². The summed E-state index contributed by atoms with van der Waals surface area (Å²) in [6.07, 6.45) is 2.45. The van der Waals surface area contributed by atoms with Crippen molar-refractivity contribution in [2.24, 2.45) is 0 Å². The predicted molar refractivity (Wildman–Crippen MR) is 99.9 cm³/mol. The van der Waals surface area contributed by atoms with Crippen LogP contribution in [0.25, 0.3) is 11.4 Å². The summed E-state index contributed by atoms with van der Waals surface area (Å²) < 4.78 is 5.40. The van der Waals surface area contributed by atoms with Crippen LogP contribution in [0.3, 0.4) is 0 Å². The van der Waals surface area contributed by atoms with E-state index in [0.717, 1.165) is 62.4 Å². The Kier molecular flexibility index (Phi) is 5.09. The first-order chi connectivity index (χ1) is 12.4. The standard InChI is InChI=1S/C19H25N5O/c1-2-4-15(5-3-1)19-22-17(14-18(23-19)21-16-6-7-16)20-8-9-24-10-12-25-13-11-24/h1-5,14,16H,6-13H2,(H2,20,21,22,23). The number of anilines is 2. The summed E-state index contributed by atoms with van der Waals surface area (Å²) in [5.41, 5.74) is 1.04.